The molecule has 2 heterocycles. The molecule has 0 saturated carbocycles. The number of phenolic OH excluding ortho intramolecular Hbond substituents is 6. The second-order valence-electron chi connectivity index (χ2n) is 10.3. The van der Waals surface area contributed by atoms with E-state index in [2.05, 4.69) is 0 Å². The maximum Gasteiger partial charge on any atom is 0.345 e. The lowest BCUT2D eigenvalue weighted by molar-refractivity contribution is -0.289. The Morgan fingerprint density at radius 3 is 1.98 bits per heavy atom. The van der Waals surface area contributed by atoms with Crippen LogP contribution >= 0.6 is 0 Å². The second-order valence-corrected chi connectivity index (χ2v) is 10.3. The number of carboxylic acid groups (broad SMARTS) is 2. The first-order chi connectivity index (χ1) is 22.0. The van der Waals surface area contributed by atoms with Gasteiger partial charge in [-0.1, -0.05) is 0 Å². The number of cyclic esters (lactones) is 1. The van der Waals surface area contributed by atoms with E-state index in [0.717, 1.165) is 0 Å². The van der Waals surface area contributed by atoms with Crippen LogP contribution in [0.4, 0.5) is 0 Å². The van der Waals surface area contributed by atoms with E-state index < -0.39 is 143 Å². The largest absolute Gasteiger partial charge is 0.504 e. The lowest BCUT2D eigenvalue weighted by Crippen LogP contribution is -2.61. The molecule has 0 radical (unpaired) electrons. The van der Waals surface area contributed by atoms with Crippen molar-refractivity contribution in [1.29, 1.82) is 0 Å². The molecule has 1 fully saturated rings. The molecule has 2 aliphatic heterocycles. The number of aromatic hydroxyl groups is 6. The number of aliphatic carboxylic acids is 2. The van der Waals surface area contributed by atoms with Crippen molar-refractivity contribution in [3.8, 4) is 34.5 Å². The Hall–Kier alpha value is -5.57. The molecule has 254 valence electrons. The Morgan fingerprint density at radius 2 is 1.43 bits per heavy atom. The fourth-order valence-electron chi connectivity index (χ4n) is 5.14. The van der Waals surface area contributed by atoms with Crippen LogP contribution in [0.2, 0.25) is 0 Å². The van der Waals surface area contributed by atoms with Crippen molar-refractivity contribution in [1.82, 2.24) is 0 Å². The number of carboxylic acids is 2. The standard InChI is InChI=1S/C27H26O20/c28-5-12-21(19(37)20(38)27(44-12)47-24(41)6-1-9(29)16(34)10(30)2-6)45-26(43)8(4-13(32)33)15-14-7(3-11(31)17(35)18(14)36)25(42)46-22(15)23(39)40/h1-3,8,12,15,19-22,27-31,34-38H,4-5H2,(H,32,33)(H,39,40)/t8-,12-,15+,19+,20-,21+,22+,27-/m0/s1. The molecular weight excluding hydrogens is 644 g/mol. The number of carbonyl (C=O) groups is 5. The summed E-state index contributed by atoms with van der Waals surface area (Å²) in [6.45, 7) is -1.12. The minimum Gasteiger partial charge on any atom is -0.504 e. The van der Waals surface area contributed by atoms with Crippen LogP contribution in [0.15, 0.2) is 18.2 Å². The van der Waals surface area contributed by atoms with Crippen LogP contribution in [0.25, 0.3) is 0 Å². The SMILES string of the molecule is O=C(O)C[C@H](C(=O)O[C@H]1[C@H](O)[C@H](O)[C@H](OC(=O)c2cc(O)c(O)c(O)c2)O[C@H]1CO)[C@@H]1c2c(cc(O)c(O)c2O)C(=O)O[C@H]1C(=O)O. The summed E-state index contributed by atoms with van der Waals surface area (Å²) in [7, 11) is 0. The molecule has 1 saturated heterocycles. The van der Waals surface area contributed by atoms with Gasteiger partial charge in [-0.25, -0.2) is 14.4 Å². The molecule has 0 aromatic heterocycles. The monoisotopic (exact) mass is 670 g/mol. The summed E-state index contributed by atoms with van der Waals surface area (Å²) in [6.07, 6.45) is -14.2. The second kappa shape index (κ2) is 13.0. The van der Waals surface area contributed by atoms with E-state index >= 15 is 0 Å². The van der Waals surface area contributed by atoms with E-state index in [1.165, 1.54) is 0 Å². The molecule has 0 unspecified atom stereocenters. The number of ether oxygens (including phenoxy) is 4. The first-order valence-electron chi connectivity index (χ1n) is 13.2. The number of rotatable bonds is 9. The maximum absolute atomic E-state index is 13.5. The molecular formula is C27H26O20. The van der Waals surface area contributed by atoms with E-state index in [9.17, 15) is 80.1 Å². The number of aliphatic hydroxyl groups is 3. The van der Waals surface area contributed by atoms with Gasteiger partial charge < -0.3 is 75.1 Å². The molecule has 20 nitrogen and oxygen atoms in total. The fourth-order valence-corrected chi connectivity index (χ4v) is 5.14. The normalized spacial score (nSPS) is 25.9. The van der Waals surface area contributed by atoms with Gasteiger partial charge in [0.1, 0.15) is 18.3 Å². The summed E-state index contributed by atoms with van der Waals surface area (Å²) in [5, 5.41) is 110. The quantitative estimate of drug-likeness (QED) is 0.0774. The van der Waals surface area contributed by atoms with Gasteiger partial charge in [-0.05, 0) is 18.2 Å². The van der Waals surface area contributed by atoms with Gasteiger partial charge in [-0.3, -0.25) is 9.59 Å². The Labute approximate surface area is 260 Å². The van der Waals surface area contributed by atoms with Gasteiger partial charge in [0.2, 0.25) is 18.1 Å². The number of esters is 3. The molecule has 4 rings (SSSR count). The molecule has 11 N–H and O–H groups in total. The smallest absolute Gasteiger partial charge is 0.345 e. The third-order valence-electron chi connectivity index (χ3n) is 7.38. The zero-order valence-electron chi connectivity index (χ0n) is 23.4. The van der Waals surface area contributed by atoms with Crippen molar-refractivity contribution in [2.24, 2.45) is 5.92 Å². The third-order valence-corrected chi connectivity index (χ3v) is 7.38. The highest BCUT2D eigenvalue weighted by molar-refractivity contribution is 5.98. The Balaban J connectivity index is 1.65. The predicted molar refractivity (Wildman–Crippen MR) is 141 cm³/mol. The lowest BCUT2D eigenvalue weighted by atomic mass is 9.76. The molecule has 2 aromatic rings. The Kier molecular flexibility index (Phi) is 9.52. The molecule has 0 bridgehead atoms. The number of hydrogen-bond donors (Lipinski definition) is 11. The van der Waals surface area contributed by atoms with E-state index in [1.54, 1.807) is 0 Å². The number of hydrogen-bond acceptors (Lipinski definition) is 18. The number of aliphatic hydroxyl groups excluding tert-OH is 3. The van der Waals surface area contributed by atoms with Crippen molar-refractivity contribution in [2.45, 2.75) is 49.1 Å². The van der Waals surface area contributed by atoms with E-state index in [0.29, 0.717) is 18.2 Å². The van der Waals surface area contributed by atoms with Gasteiger partial charge in [0.05, 0.1) is 36.0 Å². The third kappa shape index (κ3) is 6.42. The van der Waals surface area contributed by atoms with E-state index in [4.69, 9.17) is 18.9 Å². The Morgan fingerprint density at radius 1 is 0.830 bits per heavy atom. The molecule has 8 atom stereocenters. The van der Waals surface area contributed by atoms with E-state index in [-0.39, 0.29) is 0 Å². The van der Waals surface area contributed by atoms with Crippen LogP contribution in [0, 0.1) is 5.92 Å². The summed E-state index contributed by atoms with van der Waals surface area (Å²) < 4.78 is 20.2. The van der Waals surface area contributed by atoms with Crippen molar-refractivity contribution >= 4 is 29.8 Å². The summed E-state index contributed by atoms with van der Waals surface area (Å²) >= 11 is 0. The highest BCUT2D eigenvalue weighted by atomic mass is 16.7. The van der Waals surface area contributed by atoms with Gasteiger partial charge in [0.15, 0.2) is 34.9 Å². The minimum atomic E-state index is -2.38. The van der Waals surface area contributed by atoms with Crippen LogP contribution in [-0.4, -0.2) is 129 Å². The summed E-state index contributed by atoms with van der Waals surface area (Å²) in [5.41, 5.74) is -2.12. The first-order valence-corrected chi connectivity index (χ1v) is 13.2. The van der Waals surface area contributed by atoms with Crippen LogP contribution in [0.1, 0.15) is 38.6 Å². The highest BCUT2D eigenvalue weighted by Gasteiger charge is 2.53. The average molecular weight is 670 g/mol. The van der Waals surface area contributed by atoms with Gasteiger partial charge in [-0.15, -0.1) is 0 Å². The van der Waals surface area contributed by atoms with E-state index in [1.807, 2.05) is 0 Å². The van der Waals surface area contributed by atoms with Crippen LogP contribution < -0.4 is 0 Å². The summed E-state index contributed by atoms with van der Waals surface area (Å²) in [6, 6.07) is 1.91. The molecule has 20 heteroatoms. The zero-order valence-corrected chi connectivity index (χ0v) is 23.4. The van der Waals surface area contributed by atoms with Crippen LogP contribution in [0.3, 0.4) is 0 Å². The van der Waals surface area contributed by atoms with Gasteiger partial charge >= 0.3 is 29.8 Å². The topological polar surface area (TPSA) is 345 Å². The number of fused-ring (bicyclic) bond motifs is 1. The summed E-state index contributed by atoms with van der Waals surface area (Å²) in [4.78, 5) is 62.5. The molecule has 0 spiro atoms. The minimum absolute atomic E-state index is 0.570. The number of benzene rings is 2. The summed E-state index contributed by atoms with van der Waals surface area (Å²) in [5.74, 6) is -18.9. The molecule has 47 heavy (non-hydrogen) atoms. The first kappa shape index (κ1) is 34.3. The van der Waals surface area contributed by atoms with Crippen molar-refractivity contribution in [3.63, 3.8) is 0 Å². The molecule has 0 aliphatic carbocycles. The van der Waals surface area contributed by atoms with Gasteiger partial charge in [0, 0.05) is 5.56 Å². The van der Waals surface area contributed by atoms with Gasteiger partial charge in [-0.2, -0.15) is 0 Å². The van der Waals surface area contributed by atoms with Crippen molar-refractivity contribution < 1.29 is 99.1 Å². The number of carbonyl (C=O) groups excluding carboxylic acids is 3. The lowest BCUT2D eigenvalue weighted by Gasteiger charge is -2.42. The van der Waals surface area contributed by atoms with Crippen molar-refractivity contribution in [3.05, 3.63) is 34.9 Å². The number of phenols is 6. The average Bonchev–Trinajstić information content (AvgIpc) is 3.00. The zero-order chi connectivity index (χ0) is 35.1. The molecule has 2 aliphatic rings. The fraction of sp³-hybridized carbons (Fsp3) is 0.370. The maximum atomic E-state index is 13.5. The van der Waals surface area contributed by atoms with Crippen molar-refractivity contribution in [2.75, 3.05) is 6.61 Å². The predicted octanol–water partition coefficient (Wildman–Crippen LogP) is -2.07. The Bertz CT molecular complexity index is 1590. The van der Waals surface area contributed by atoms with Crippen LogP contribution in [-0.2, 0) is 33.3 Å². The molecule has 0 amide bonds. The van der Waals surface area contributed by atoms with Gasteiger partial charge in [0.25, 0.3) is 0 Å². The van der Waals surface area contributed by atoms with Crippen LogP contribution in [0.5, 0.6) is 34.5 Å². The highest BCUT2D eigenvalue weighted by Crippen LogP contribution is 2.50. The molecule has 2 aromatic carbocycles.